The zero-order valence-corrected chi connectivity index (χ0v) is 30.0. The number of aromatic hydroxyl groups is 2. The number of hydrogen-bond donors (Lipinski definition) is 4. The minimum absolute atomic E-state index is 0.00622. The second-order valence-corrected chi connectivity index (χ2v) is 14.3. The molecule has 2 fully saturated rings. The van der Waals surface area contributed by atoms with E-state index >= 15 is 0 Å². The van der Waals surface area contributed by atoms with E-state index in [0.717, 1.165) is 12.8 Å². The quantitative estimate of drug-likeness (QED) is 0.0472. The number of imide groups is 1. The first-order valence-corrected chi connectivity index (χ1v) is 18.6. The number of ether oxygens (including phenoxy) is 4. The summed E-state index contributed by atoms with van der Waals surface area (Å²) in [6.45, 7) is 4.74. The third-order valence-electron chi connectivity index (χ3n) is 9.11. The van der Waals surface area contributed by atoms with Crippen molar-refractivity contribution in [1.29, 1.82) is 0 Å². The van der Waals surface area contributed by atoms with E-state index in [1.54, 1.807) is 30.0 Å². The second kappa shape index (κ2) is 19.1. The van der Waals surface area contributed by atoms with Crippen molar-refractivity contribution in [2.24, 2.45) is 0 Å². The highest BCUT2D eigenvalue weighted by molar-refractivity contribution is 8.01. The molecule has 0 spiro atoms. The number of nitrogens with one attached hydrogen (secondary N) is 2. The Kier molecular flexibility index (Phi) is 14.3. The van der Waals surface area contributed by atoms with Crippen LogP contribution in [0.4, 0.5) is 0 Å². The number of likely N-dealkylation sites (tertiary alicyclic amines) is 1. The minimum atomic E-state index is -1.08. The van der Waals surface area contributed by atoms with Gasteiger partial charge in [-0.25, -0.2) is 10.3 Å². The van der Waals surface area contributed by atoms with Crippen LogP contribution in [0.1, 0.15) is 68.9 Å². The molecular weight excluding hydrogens is 694 g/mol. The van der Waals surface area contributed by atoms with E-state index in [1.807, 2.05) is 0 Å². The van der Waals surface area contributed by atoms with Gasteiger partial charge in [-0.05, 0) is 49.9 Å². The summed E-state index contributed by atoms with van der Waals surface area (Å²) in [5.41, 5.74) is 2.56. The Morgan fingerprint density at radius 1 is 0.962 bits per heavy atom. The maximum absolute atomic E-state index is 12.7. The lowest BCUT2D eigenvalue weighted by molar-refractivity contribution is -0.173. The largest absolute Gasteiger partial charge is 0.508 e. The lowest BCUT2D eigenvalue weighted by atomic mass is 9.79. The predicted molar refractivity (Wildman–Crippen MR) is 191 cm³/mol. The van der Waals surface area contributed by atoms with Gasteiger partial charge in [0.15, 0.2) is 6.79 Å². The molecule has 1 saturated carbocycles. The van der Waals surface area contributed by atoms with Crippen molar-refractivity contribution >= 4 is 35.4 Å². The van der Waals surface area contributed by atoms with Crippen molar-refractivity contribution in [3.8, 4) is 23.0 Å². The first kappa shape index (κ1) is 39.1. The van der Waals surface area contributed by atoms with Crippen LogP contribution in [0.5, 0.6) is 23.0 Å². The molecule has 15 heteroatoms. The third-order valence-corrected chi connectivity index (χ3v) is 10.7. The van der Waals surface area contributed by atoms with Gasteiger partial charge in [0.05, 0.1) is 38.1 Å². The molecule has 1 saturated heterocycles. The van der Waals surface area contributed by atoms with Gasteiger partial charge in [0, 0.05) is 54.4 Å². The lowest BCUT2D eigenvalue weighted by Gasteiger charge is -2.39. The number of phenolic OH excluding ortho intramolecular Hbond substituents is 2. The number of hydroxylamine groups is 1. The van der Waals surface area contributed by atoms with Gasteiger partial charge in [-0.2, -0.15) is 0 Å². The normalized spacial score (nSPS) is 17.8. The number of allylic oxidation sites excluding steroid dienone is 1. The molecule has 2 aliphatic heterocycles. The fourth-order valence-corrected chi connectivity index (χ4v) is 8.07. The summed E-state index contributed by atoms with van der Waals surface area (Å²) in [5.74, 6) is -0.332. The molecule has 1 aliphatic carbocycles. The second-order valence-electron chi connectivity index (χ2n) is 12.7. The van der Waals surface area contributed by atoms with Crippen LogP contribution in [0.25, 0.3) is 0 Å². The Hall–Kier alpha value is -4.15. The summed E-state index contributed by atoms with van der Waals surface area (Å²) in [4.78, 5) is 56.2. The van der Waals surface area contributed by atoms with Crippen molar-refractivity contribution in [3.63, 3.8) is 0 Å². The molecule has 1 atom stereocenters. The number of phenols is 2. The Morgan fingerprint density at radius 2 is 1.63 bits per heavy atom. The van der Waals surface area contributed by atoms with Gasteiger partial charge < -0.3 is 34.5 Å². The zero-order valence-electron chi connectivity index (χ0n) is 29.1. The van der Waals surface area contributed by atoms with E-state index < -0.39 is 11.5 Å². The SMILES string of the molecule is C=CCCC1(OCONC(=O)CCOCCOCCNC(=O)CCN2C(=O)CC(SC3CCCC3)C2=O)c2ccc(O)cc2Oc2cc(O)ccc21. The molecule has 4 N–H and O–H groups in total. The van der Waals surface area contributed by atoms with Gasteiger partial charge in [-0.1, -0.05) is 18.9 Å². The number of nitrogens with zero attached hydrogens (tertiary/aromatic N) is 1. The van der Waals surface area contributed by atoms with Gasteiger partial charge in [0.1, 0.15) is 28.6 Å². The van der Waals surface area contributed by atoms with Gasteiger partial charge >= 0.3 is 0 Å². The molecule has 0 bridgehead atoms. The van der Waals surface area contributed by atoms with Crippen LogP contribution in [0.3, 0.4) is 0 Å². The Balaban J connectivity index is 0.927. The molecule has 0 radical (unpaired) electrons. The molecule has 1 unspecified atom stereocenters. The molecule has 5 rings (SSSR count). The van der Waals surface area contributed by atoms with E-state index in [0.29, 0.717) is 40.7 Å². The van der Waals surface area contributed by atoms with Crippen LogP contribution in [0.15, 0.2) is 49.1 Å². The highest BCUT2D eigenvalue weighted by Gasteiger charge is 2.44. The highest BCUT2D eigenvalue weighted by atomic mass is 32.2. The predicted octanol–water partition coefficient (Wildman–Crippen LogP) is 4.17. The molecule has 282 valence electrons. The molecule has 3 aliphatic rings. The summed E-state index contributed by atoms with van der Waals surface area (Å²) in [6, 6.07) is 9.41. The summed E-state index contributed by atoms with van der Waals surface area (Å²) in [6.07, 6.45) is 7.57. The topological polar surface area (TPSA) is 182 Å². The van der Waals surface area contributed by atoms with Crippen LogP contribution < -0.4 is 15.5 Å². The van der Waals surface area contributed by atoms with Crippen molar-refractivity contribution in [2.45, 2.75) is 73.9 Å². The molecule has 52 heavy (non-hydrogen) atoms. The first-order chi connectivity index (χ1) is 25.2. The van der Waals surface area contributed by atoms with Gasteiger partial charge in [0.25, 0.3) is 0 Å². The maximum Gasteiger partial charge on any atom is 0.245 e. The van der Waals surface area contributed by atoms with Crippen LogP contribution in [0.2, 0.25) is 0 Å². The molecule has 2 aromatic rings. The number of thioether (sulfide) groups is 1. The molecule has 2 aromatic carbocycles. The molecular formula is C37H47N3O11S. The lowest BCUT2D eigenvalue weighted by Crippen LogP contribution is -2.37. The molecule has 2 heterocycles. The third kappa shape index (κ3) is 10.3. The summed E-state index contributed by atoms with van der Waals surface area (Å²) < 4.78 is 23.2. The average Bonchev–Trinajstić information content (AvgIpc) is 3.73. The smallest absolute Gasteiger partial charge is 0.245 e. The number of hydrogen-bond acceptors (Lipinski definition) is 12. The van der Waals surface area contributed by atoms with Crippen LogP contribution in [-0.4, -0.2) is 95.6 Å². The van der Waals surface area contributed by atoms with Gasteiger partial charge in [0.2, 0.25) is 23.6 Å². The fraction of sp³-hybridized carbons (Fsp3) is 0.514. The summed E-state index contributed by atoms with van der Waals surface area (Å²) in [5, 5.41) is 23.0. The number of benzene rings is 2. The van der Waals surface area contributed by atoms with Crippen molar-refractivity contribution in [3.05, 3.63) is 60.2 Å². The van der Waals surface area contributed by atoms with Gasteiger partial charge in [-0.3, -0.25) is 24.1 Å². The van der Waals surface area contributed by atoms with Crippen LogP contribution in [0, 0.1) is 0 Å². The summed E-state index contributed by atoms with van der Waals surface area (Å²) >= 11 is 1.61. The first-order valence-electron chi connectivity index (χ1n) is 17.6. The zero-order chi connectivity index (χ0) is 36.9. The standard InChI is InChI=1S/C37H47N3O11S/c1-2-3-14-37(28-10-8-25(41)21-30(28)51-31-22-26(42)9-11-29(31)37)49-24-50-39-34(44)13-17-47-19-20-48-18-15-38-33(43)12-16-40-35(45)23-32(36(40)46)52-27-6-4-5-7-27/h2,8-11,21-22,27,32,41-42H,1,3-7,12-20,23-24H2,(H,38,43)(H,39,44). The number of carbonyl (C=O) groups excluding carboxylic acids is 4. The maximum atomic E-state index is 12.7. The number of amides is 4. The molecule has 0 aromatic heterocycles. The molecule has 4 amide bonds. The number of carbonyl (C=O) groups is 4. The van der Waals surface area contributed by atoms with Crippen molar-refractivity contribution in [1.82, 2.24) is 15.7 Å². The van der Waals surface area contributed by atoms with Crippen LogP contribution >= 0.6 is 11.8 Å². The Morgan fingerprint density at radius 3 is 2.31 bits per heavy atom. The fourth-order valence-electron chi connectivity index (χ4n) is 6.52. The van der Waals surface area contributed by atoms with Gasteiger partial charge in [-0.15, -0.1) is 18.3 Å². The van der Waals surface area contributed by atoms with Crippen molar-refractivity contribution < 1.29 is 53.2 Å². The Bertz CT molecular complexity index is 1530. The van der Waals surface area contributed by atoms with Crippen LogP contribution in [-0.2, 0) is 43.8 Å². The monoisotopic (exact) mass is 741 g/mol. The minimum Gasteiger partial charge on any atom is -0.508 e. The Labute approximate surface area is 307 Å². The number of rotatable bonds is 21. The van der Waals surface area contributed by atoms with E-state index in [9.17, 15) is 29.4 Å². The molecule has 14 nitrogen and oxygen atoms in total. The van der Waals surface area contributed by atoms with E-state index in [4.69, 9.17) is 23.8 Å². The summed E-state index contributed by atoms with van der Waals surface area (Å²) in [7, 11) is 0. The average molecular weight is 742 g/mol. The highest BCUT2D eigenvalue weighted by Crippen LogP contribution is 2.52. The van der Waals surface area contributed by atoms with Crippen molar-refractivity contribution in [2.75, 3.05) is 46.3 Å². The van der Waals surface area contributed by atoms with E-state index in [1.165, 1.54) is 42.0 Å². The van der Waals surface area contributed by atoms with E-state index in [-0.39, 0.29) is 100 Å². The number of fused-ring (bicyclic) bond motifs is 2. The van der Waals surface area contributed by atoms with E-state index in [2.05, 4.69) is 17.4 Å².